The number of likely N-dealkylation sites (N-methyl/N-ethyl adjacent to an activating group) is 1. The third-order valence-corrected chi connectivity index (χ3v) is 13.4. The summed E-state index contributed by atoms with van der Waals surface area (Å²) in [5, 5.41) is 39.0. The van der Waals surface area contributed by atoms with E-state index in [1.165, 1.54) is 63.2 Å². The van der Waals surface area contributed by atoms with Gasteiger partial charge in [-0.05, 0) is 112 Å². The maximum absolute atomic E-state index is 14.4. The first-order valence-corrected chi connectivity index (χ1v) is 25.2. The Morgan fingerprint density at radius 1 is 0.956 bits per heavy atom. The van der Waals surface area contributed by atoms with Gasteiger partial charge in [0.15, 0.2) is 0 Å². The number of carbonyl (C=O) groups is 2. The van der Waals surface area contributed by atoms with Gasteiger partial charge in [0.25, 0.3) is 5.69 Å². The molecule has 6 unspecified atom stereocenters. The average Bonchev–Trinajstić information content (AvgIpc) is 3.31. The Morgan fingerprint density at radius 2 is 1.62 bits per heavy atom. The number of nitro groups is 1. The Bertz CT molecular complexity index is 2040. The van der Waals surface area contributed by atoms with E-state index >= 15 is 0 Å². The fourth-order valence-electron chi connectivity index (χ4n) is 10.1. The van der Waals surface area contributed by atoms with Crippen LogP contribution in [0.1, 0.15) is 154 Å². The van der Waals surface area contributed by atoms with Gasteiger partial charge in [0.05, 0.1) is 23.2 Å². The number of non-ortho nitro benzene ring substituents is 1. The lowest BCUT2D eigenvalue weighted by atomic mass is 9.55. The second-order valence-corrected chi connectivity index (χ2v) is 19.6. The largest absolute Gasteiger partial charge is 0.459 e. The Hall–Kier alpha value is -5.05. The molecule has 5 rings (SSSR count). The SMILES string of the molecule is C=CCOC12Oc3ccc(OC(=O)NCCCCCCCCCCCC)cc3C3C(CCCCO)C(CCCCO)C=C(C(=NOC(C)(C)C)CC1N(C)C(=O)C=Cc1ccc([N+](=O)[O-])cc1)C32. The summed E-state index contributed by atoms with van der Waals surface area (Å²) in [6.07, 6.45) is 23.0. The number of unbranched alkanes of at least 4 members (excludes halogenated alkanes) is 11. The van der Waals surface area contributed by atoms with Gasteiger partial charge in [-0.25, -0.2) is 4.79 Å². The molecule has 374 valence electrons. The highest BCUT2D eigenvalue weighted by atomic mass is 16.7. The summed E-state index contributed by atoms with van der Waals surface area (Å²) in [6.45, 7) is 12.8. The molecule has 1 heterocycles. The van der Waals surface area contributed by atoms with Gasteiger partial charge in [0.1, 0.15) is 23.1 Å². The first-order chi connectivity index (χ1) is 32.8. The molecule has 0 radical (unpaired) electrons. The van der Waals surface area contributed by atoms with Gasteiger partial charge in [-0.3, -0.25) is 14.9 Å². The van der Waals surface area contributed by atoms with Crippen LogP contribution < -0.4 is 14.8 Å². The number of carbonyl (C=O) groups excluding carboxylic acids is 2. The van der Waals surface area contributed by atoms with E-state index in [-0.39, 0.29) is 55.6 Å². The van der Waals surface area contributed by atoms with Crippen molar-refractivity contribution in [3.05, 3.63) is 94.1 Å². The van der Waals surface area contributed by atoms with Crippen molar-refractivity contribution in [1.82, 2.24) is 10.2 Å². The minimum Gasteiger partial charge on any atom is -0.459 e. The highest BCUT2D eigenvalue weighted by Crippen LogP contribution is 2.62. The van der Waals surface area contributed by atoms with E-state index < -0.39 is 34.4 Å². The Balaban J connectivity index is 1.54. The van der Waals surface area contributed by atoms with Crippen LogP contribution in [0.2, 0.25) is 0 Å². The summed E-state index contributed by atoms with van der Waals surface area (Å²) in [5.41, 5.74) is 2.31. The third kappa shape index (κ3) is 14.7. The average molecular weight is 943 g/mol. The lowest BCUT2D eigenvalue weighted by Gasteiger charge is -2.59. The number of ether oxygens (including phenoxy) is 3. The van der Waals surface area contributed by atoms with Crippen LogP contribution in [0.25, 0.3) is 6.08 Å². The van der Waals surface area contributed by atoms with E-state index in [0.29, 0.717) is 42.2 Å². The van der Waals surface area contributed by atoms with Gasteiger partial charge in [-0.1, -0.05) is 94.9 Å². The number of allylic oxidation sites excluding steroid dienone is 1. The van der Waals surface area contributed by atoms with Crippen LogP contribution in [0, 0.1) is 27.9 Å². The van der Waals surface area contributed by atoms with Crippen molar-refractivity contribution in [2.75, 3.05) is 33.4 Å². The number of hydrogen-bond acceptors (Lipinski definition) is 11. The number of nitro benzene ring substituents is 1. The van der Waals surface area contributed by atoms with E-state index in [0.717, 1.165) is 56.1 Å². The summed E-state index contributed by atoms with van der Waals surface area (Å²) < 4.78 is 20.2. The van der Waals surface area contributed by atoms with Crippen LogP contribution in [0.3, 0.4) is 0 Å². The molecule has 68 heavy (non-hydrogen) atoms. The lowest BCUT2D eigenvalue weighted by molar-refractivity contribution is -0.384. The highest BCUT2D eigenvalue weighted by molar-refractivity contribution is 6.03. The smallest absolute Gasteiger partial charge is 0.412 e. The Labute approximate surface area is 404 Å². The van der Waals surface area contributed by atoms with Crippen LogP contribution >= 0.6 is 0 Å². The van der Waals surface area contributed by atoms with Crippen molar-refractivity contribution < 1.29 is 43.8 Å². The van der Waals surface area contributed by atoms with Crippen LogP contribution in [-0.2, 0) is 14.4 Å². The number of aliphatic hydroxyl groups excluding tert-OH is 2. The fourth-order valence-corrected chi connectivity index (χ4v) is 10.1. The fraction of sp³-hybridized carbons (Fsp3) is 0.611. The number of hydrogen-bond donors (Lipinski definition) is 3. The van der Waals surface area contributed by atoms with Crippen molar-refractivity contribution in [3.8, 4) is 11.5 Å². The number of fused-ring (bicyclic) bond motifs is 2. The van der Waals surface area contributed by atoms with Crippen LogP contribution in [0.4, 0.5) is 10.5 Å². The van der Waals surface area contributed by atoms with Gasteiger partial charge >= 0.3 is 6.09 Å². The van der Waals surface area contributed by atoms with Gasteiger partial charge < -0.3 is 39.5 Å². The summed E-state index contributed by atoms with van der Waals surface area (Å²) in [6, 6.07) is 10.7. The molecule has 14 heteroatoms. The standard InChI is InChI=1S/C54H78N4O10/c1-7-9-10-11-12-13-14-15-16-19-32-55-52(62)66-42-29-30-47-45(37-42)50-43(23-18-21-34-60)40(22-17-20-33-59)36-44-46(56-68-53(3,4)5)38-48(54(67-47,51(44)50)65-35-8-2)57(6)49(61)31-26-39-24-27-41(28-25-39)58(63)64/h8,24-31,36-37,40,43,48,50-51,59-60H,2,7,9-23,32-35,38H2,1,3-6H3,(H,55,62). The molecule has 2 amide bonds. The first kappa shape index (κ1) is 53.9. The second kappa shape index (κ2) is 26.6. The van der Waals surface area contributed by atoms with Crippen molar-refractivity contribution in [2.45, 2.75) is 160 Å². The zero-order valence-electron chi connectivity index (χ0n) is 41.3. The quantitative estimate of drug-likeness (QED) is 0.0244. The van der Waals surface area contributed by atoms with Crippen LogP contribution in [0.15, 0.2) is 78.0 Å². The lowest BCUT2D eigenvalue weighted by Crippen LogP contribution is -2.69. The third-order valence-electron chi connectivity index (χ3n) is 13.4. The number of rotatable bonds is 28. The van der Waals surface area contributed by atoms with Gasteiger partial charge in [0.2, 0.25) is 11.7 Å². The van der Waals surface area contributed by atoms with Gasteiger partial charge in [-0.15, -0.1) is 6.58 Å². The molecule has 0 aromatic heterocycles. The molecule has 6 atom stereocenters. The Morgan fingerprint density at radius 3 is 2.25 bits per heavy atom. The summed E-state index contributed by atoms with van der Waals surface area (Å²) in [4.78, 5) is 46.3. The molecule has 0 saturated heterocycles. The molecule has 14 nitrogen and oxygen atoms in total. The van der Waals surface area contributed by atoms with Crippen molar-refractivity contribution in [2.24, 2.45) is 22.9 Å². The highest BCUT2D eigenvalue weighted by Gasteiger charge is 2.65. The predicted octanol–water partition coefficient (Wildman–Crippen LogP) is 11.2. The van der Waals surface area contributed by atoms with Crippen molar-refractivity contribution in [1.29, 1.82) is 0 Å². The number of nitrogens with zero attached hydrogens (tertiary/aromatic N) is 3. The van der Waals surface area contributed by atoms with Crippen molar-refractivity contribution in [3.63, 3.8) is 0 Å². The maximum atomic E-state index is 14.4. The Kier molecular flexibility index (Phi) is 21.1. The molecule has 3 aliphatic rings. The van der Waals surface area contributed by atoms with Crippen LogP contribution in [0.5, 0.6) is 11.5 Å². The van der Waals surface area contributed by atoms with E-state index in [2.05, 4.69) is 24.9 Å². The number of nitrogens with one attached hydrogen (secondary N) is 1. The van der Waals surface area contributed by atoms with Gasteiger partial charge in [-0.2, -0.15) is 0 Å². The topological polar surface area (TPSA) is 182 Å². The number of benzene rings is 2. The zero-order chi connectivity index (χ0) is 49.1. The molecule has 1 saturated carbocycles. The molecule has 1 aliphatic heterocycles. The summed E-state index contributed by atoms with van der Waals surface area (Å²) in [5.74, 6) is -1.76. The molecule has 2 aromatic rings. The predicted molar refractivity (Wildman–Crippen MR) is 267 cm³/mol. The minimum absolute atomic E-state index is 0.0182. The monoisotopic (exact) mass is 943 g/mol. The van der Waals surface area contributed by atoms with E-state index in [9.17, 15) is 29.9 Å². The maximum Gasteiger partial charge on any atom is 0.412 e. The first-order valence-electron chi connectivity index (χ1n) is 25.2. The summed E-state index contributed by atoms with van der Waals surface area (Å²) >= 11 is 0. The van der Waals surface area contributed by atoms with E-state index in [1.807, 2.05) is 32.9 Å². The second-order valence-electron chi connectivity index (χ2n) is 19.6. The molecular weight excluding hydrogens is 865 g/mol. The zero-order valence-corrected chi connectivity index (χ0v) is 41.3. The van der Waals surface area contributed by atoms with Crippen LogP contribution in [-0.4, -0.2) is 88.6 Å². The normalized spacial score (nSPS) is 22.4. The molecular formula is C54H78N4O10. The molecule has 1 fully saturated rings. The molecule has 3 N–H and O–H groups in total. The molecule has 0 bridgehead atoms. The van der Waals surface area contributed by atoms with Crippen molar-refractivity contribution >= 4 is 29.5 Å². The van der Waals surface area contributed by atoms with E-state index in [1.54, 1.807) is 42.3 Å². The summed E-state index contributed by atoms with van der Waals surface area (Å²) in [7, 11) is 1.71. The number of amides is 2. The molecule has 0 spiro atoms. The minimum atomic E-state index is -1.47. The number of aliphatic hydroxyl groups is 2. The molecule has 2 aliphatic carbocycles. The van der Waals surface area contributed by atoms with E-state index in [4.69, 9.17) is 24.2 Å². The molecule has 2 aromatic carbocycles. The van der Waals surface area contributed by atoms with Gasteiger partial charge in [0, 0.05) is 62.9 Å². The number of oxime groups is 1.